The summed E-state index contributed by atoms with van der Waals surface area (Å²) in [6, 6.07) is 12.4. The summed E-state index contributed by atoms with van der Waals surface area (Å²) < 4.78 is 40.6. The van der Waals surface area contributed by atoms with Gasteiger partial charge in [-0.2, -0.15) is 0 Å². The maximum atomic E-state index is 13.0. The number of likely N-dealkylation sites (tertiary alicyclic amines) is 1. The van der Waals surface area contributed by atoms with Gasteiger partial charge in [-0.1, -0.05) is 18.2 Å². The lowest BCUT2D eigenvalue weighted by atomic mass is 10.0. The van der Waals surface area contributed by atoms with Crippen LogP contribution < -0.4 is 4.72 Å². The monoisotopic (exact) mass is 415 g/mol. The standard InChI is InChI=1S/C21H22FN3O3S/c22-16-5-7-18(8-6-16)29(27,28)24-17-9-11-25(12-10-17)21(26)13-15-14-23-20-4-2-1-3-19(15)20/h1-8,14,17,23-24H,9-13H2. The van der Waals surface area contributed by atoms with Gasteiger partial charge in [-0.05, 0) is 48.7 Å². The van der Waals surface area contributed by atoms with Crippen molar-refractivity contribution in [3.05, 3.63) is 66.1 Å². The normalized spacial score (nSPS) is 15.7. The molecule has 2 heterocycles. The molecule has 0 spiro atoms. The Morgan fingerprint density at radius 3 is 2.52 bits per heavy atom. The zero-order valence-electron chi connectivity index (χ0n) is 15.8. The fraction of sp³-hybridized carbons (Fsp3) is 0.286. The van der Waals surface area contributed by atoms with Crippen molar-refractivity contribution in [2.75, 3.05) is 13.1 Å². The van der Waals surface area contributed by atoms with Gasteiger partial charge in [0, 0.05) is 36.2 Å². The molecular formula is C21H22FN3O3S. The van der Waals surface area contributed by atoms with Gasteiger partial charge < -0.3 is 9.88 Å². The Morgan fingerprint density at radius 1 is 1.10 bits per heavy atom. The average Bonchev–Trinajstić information content (AvgIpc) is 3.11. The van der Waals surface area contributed by atoms with Gasteiger partial charge in [-0.15, -0.1) is 0 Å². The minimum Gasteiger partial charge on any atom is -0.361 e. The number of fused-ring (bicyclic) bond motifs is 1. The van der Waals surface area contributed by atoms with Crippen molar-refractivity contribution in [1.82, 2.24) is 14.6 Å². The molecule has 1 saturated heterocycles. The Balaban J connectivity index is 1.34. The number of halogens is 1. The zero-order chi connectivity index (χ0) is 20.4. The molecule has 0 unspecified atom stereocenters. The van der Waals surface area contributed by atoms with E-state index in [1.165, 1.54) is 12.1 Å². The van der Waals surface area contributed by atoms with Crippen LogP contribution in [-0.4, -0.2) is 43.3 Å². The maximum Gasteiger partial charge on any atom is 0.240 e. The lowest BCUT2D eigenvalue weighted by Crippen LogP contribution is -2.46. The van der Waals surface area contributed by atoms with Crippen LogP contribution in [0.2, 0.25) is 0 Å². The van der Waals surface area contributed by atoms with Gasteiger partial charge in [0.1, 0.15) is 5.82 Å². The Kier molecular flexibility index (Phi) is 5.38. The summed E-state index contributed by atoms with van der Waals surface area (Å²) in [7, 11) is -3.70. The number of nitrogens with one attached hydrogen (secondary N) is 2. The second-order valence-corrected chi connectivity index (χ2v) is 8.98. The molecule has 4 rings (SSSR count). The van der Waals surface area contributed by atoms with Crippen LogP contribution in [0, 0.1) is 5.82 Å². The van der Waals surface area contributed by atoms with Crippen molar-refractivity contribution in [2.45, 2.75) is 30.2 Å². The van der Waals surface area contributed by atoms with E-state index in [1.807, 2.05) is 30.5 Å². The minimum absolute atomic E-state index is 0.0367. The third-order valence-corrected chi connectivity index (χ3v) is 6.85. The molecule has 0 atom stereocenters. The molecule has 1 aliphatic rings. The highest BCUT2D eigenvalue weighted by atomic mass is 32.2. The van der Waals surface area contributed by atoms with E-state index in [-0.39, 0.29) is 16.8 Å². The number of amides is 1. The van der Waals surface area contributed by atoms with Crippen LogP contribution in [0.5, 0.6) is 0 Å². The molecule has 0 radical (unpaired) electrons. The predicted molar refractivity (Wildman–Crippen MR) is 108 cm³/mol. The fourth-order valence-electron chi connectivity index (χ4n) is 3.70. The van der Waals surface area contributed by atoms with E-state index < -0.39 is 15.8 Å². The molecule has 3 aromatic rings. The summed E-state index contributed by atoms with van der Waals surface area (Å²) in [6.45, 7) is 0.996. The lowest BCUT2D eigenvalue weighted by molar-refractivity contribution is -0.131. The third-order valence-electron chi connectivity index (χ3n) is 5.31. The quantitative estimate of drug-likeness (QED) is 0.672. The Hall–Kier alpha value is -2.71. The molecule has 0 aliphatic carbocycles. The second-order valence-electron chi connectivity index (χ2n) is 7.27. The van der Waals surface area contributed by atoms with Gasteiger partial charge >= 0.3 is 0 Å². The smallest absolute Gasteiger partial charge is 0.240 e. The highest BCUT2D eigenvalue weighted by Gasteiger charge is 2.27. The zero-order valence-corrected chi connectivity index (χ0v) is 16.6. The molecule has 2 N–H and O–H groups in total. The molecule has 0 saturated carbocycles. The Bertz CT molecular complexity index is 1120. The number of carbonyl (C=O) groups is 1. The van der Waals surface area contributed by atoms with E-state index in [9.17, 15) is 17.6 Å². The Labute approximate surface area is 168 Å². The molecule has 1 amide bonds. The average molecular weight is 415 g/mol. The number of aromatic nitrogens is 1. The van der Waals surface area contributed by atoms with Crippen LogP contribution in [0.15, 0.2) is 59.6 Å². The number of hydrogen-bond acceptors (Lipinski definition) is 3. The van der Waals surface area contributed by atoms with Crippen LogP contribution >= 0.6 is 0 Å². The Morgan fingerprint density at radius 2 is 1.79 bits per heavy atom. The summed E-state index contributed by atoms with van der Waals surface area (Å²) in [6.07, 6.45) is 3.27. The van der Waals surface area contributed by atoms with E-state index in [1.54, 1.807) is 4.90 Å². The van der Waals surface area contributed by atoms with Crippen molar-refractivity contribution in [2.24, 2.45) is 0 Å². The number of sulfonamides is 1. The summed E-state index contributed by atoms with van der Waals surface area (Å²) in [5.41, 5.74) is 1.97. The van der Waals surface area contributed by atoms with Crippen LogP contribution in [0.3, 0.4) is 0 Å². The van der Waals surface area contributed by atoms with E-state index in [2.05, 4.69) is 9.71 Å². The summed E-state index contributed by atoms with van der Waals surface area (Å²) in [5, 5.41) is 1.04. The third kappa shape index (κ3) is 4.33. The van der Waals surface area contributed by atoms with Gasteiger partial charge in [0.05, 0.1) is 11.3 Å². The molecule has 6 nitrogen and oxygen atoms in total. The van der Waals surface area contributed by atoms with Crippen LogP contribution in [0.1, 0.15) is 18.4 Å². The predicted octanol–water partition coefficient (Wildman–Crippen LogP) is 2.82. The van der Waals surface area contributed by atoms with E-state index in [0.717, 1.165) is 28.6 Å². The second kappa shape index (κ2) is 7.96. The van der Waals surface area contributed by atoms with Crippen molar-refractivity contribution in [1.29, 1.82) is 0 Å². The summed E-state index contributed by atoms with van der Waals surface area (Å²) in [5.74, 6) is -0.444. The lowest BCUT2D eigenvalue weighted by Gasteiger charge is -2.32. The van der Waals surface area contributed by atoms with Gasteiger partial charge in [-0.3, -0.25) is 4.79 Å². The van der Waals surface area contributed by atoms with Gasteiger partial charge in [0.15, 0.2) is 0 Å². The molecule has 152 valence electrons. The number of H-pyrrole nitrogens is 1. The molecule has 1 aliphatic heterocycles. The number of piperidine rings is 1. The van der Waals surface area contributed by atoms with E-state index >= 15 is 0 Å². The van der Waals surface area contributed by atoms with Crippen molar-refractivity contribution < 1.29 is 17.6 Å². The van der Waals surface area contributed by atoms with Gasteiger partial charge in [0.2, 0.25) is 15.9 Å². The summed E-state index contributed by atoms with van der Waals surface area (Å²) in [4.78, 5) is 17.7. The topological polar surface area (TPSA) is 82.3 Å². The first-order valence-corrected chi connectivity index (χ1v) is 11.0. The number of carbonyl (C=O) groups excluding carboxylic acids is 1. The number of nitrogens with zero attached hydrogens (tertiary/aromatic N) is 1. The van der Waals surface area contributed by atoms with Crippen LogP contribution in [-0.2, 0) is 21.2 Å². The molecule has 1 fully saturated rings. The maximum absolute atomic E-state index is 13.0. The number of benzene rings is 2. The van der Waals surface area contributed by atoms with E-state index in [0.29, 0.717) is 32.4 Å². The molecule has 0 bridgehead atoms. The van der Waals surface area contributed by atoms with Crippen LogP contribution in [0.4, 0.5) is 4.39 Å². The largest absolute Gasteiger partial charge is 0.361 e. The number of rotatable bonds is 5. The highest BCUT2D eigenvalue weighted by molar-refractivity contribution is 7.89. The molecule has 29 heavy (non-hydrogen) atoms. The number of aromatic amines is 1. The molecule has 8 heteroatoms. The first-order valence-electron chi connectivity index (χ1n) is 9.53. The minimum atomic E-state index is -3.70. The molecule has 2 aromatic carbocycles. The van der Waals surface area contributed by atoms with Crippen molar-refractivity contribution in [3.8, 4) is 0 Å². The van der Waals surface area contributed by atoms with Gasteiger partial charge in [0.25, 0.3) is 0 Å². The van der Waals surface area contributed by atoms with Crippen LogP contribution in [0.25, 0.3) is 10.9 Å². The van der Waals surface area contributed by atoms with Gasteiger partial charge in [-0.25, -0.2) is 17.5 Å². The van der Waals surface area contributed by atoms with Crippen molar-refractivity contribution >= 4 is 26.8 Å². The molecule has 1 aromatic heterocycles. The summed E-state index contributed by atoms with van der Waals surface area (Å²) >= 11 is 0. The van der Waals surface area contributed by atoms with Crippen molar-refractivity contribution in [3.63, 3.8) is 0 Å². The highest BCUT2D eigenvalue weighted by Crippen LogP contribution is 2.20. The number of hydrogen-bond donors (Lipinski definition) is 2. The fourth-order valence-corrected chi connectivity index (χ4v) is 5.01. The SMILES string of the molecule is O=C(Cc1c[nH]c2ccccc12)N1CCC(NS(=O)(=O)c2ccc(F)cc2)CC1. The van der Waals surface area contributed by atoms with E-state index in [4.69, 9.17) is 0 Å². The first kappa shape index (κ1) is 19.6. The number of para-hydroxylation sites is 1. The molecular weight excluding hydrogens is 393 g/mol. The first-order chi connectivity index (χ1) is 13.9.